The third-order valence-electron chi connectivity index (χ3n) is 3.15. The van der Waals surface area contributed by atoms with Crippen molar-refractivity contribution in [2.45, 2.75) is 6.18 Å². The van der Waals surface area contributed by atoms with Crippen LogP contribution in [0.15, 0.2) is 64.4 Å². The molecule has 1 aromatic carbocycles. The van der Waals surface area contributed by atoms with Crippen molar-refractivity contribution >= 4 is 34.4 Å². The van der Waals surface area contributed by atoms with E-state index in [-0.39, 0.29) is 5.56 Å². The van der Waals surface area contributed by atoms with Crippen molar-refractivity contribution in [1.29, 1.82) is 0 Å². The lowest BCUT2D eigenvalue weighted by Gasteiger charge is -2.07. The summed E-state index contributed by atoms with van der Waals surface area (Å²) in [5.74, 6) is -0.947. The van der Waals surface area contributed by atoms with E-state index in [1.807, 2.05) is 35.0 Å². The van der Waals surface area contributed by atoms with Gasteiger partial charge in [0.1, 0.15) is 5.71 Å². The van der Waals surface area contributed by atoms with Gasteiger partial charge < -0.3 is 4.84 Å². The van der Waals surface area contributed by atoms with E-state index in [4.69, 9.17) is 4.84 Å². The first kappa shape index (κ1) is 17.4. The van der Waals surface area contributed by atoms with Crippen LogP contribution in [0.4, 0.5) is 13.2 Å². The molecule has 0 saturated carbocycles. The molecule has 0 fully saturated rings. The fourth-order valence-corrected chi connectivity index (χ4v) is 3.50. The number of oxime groups is 1. The van der Waals surface area contributed by atoms with Gasteiger partial charge in [0.25, 0.3) is 0 Å². The van der Waals surface area contributed by atoms with Crippen LogP contribution < -0.4 is 0 Å². The minimum Gasteiger partial charge on any atom is -0.312 e. The zero-order chi connectivity index (χ0) is 17.9. The van der Waals surface area contributed by atoms with Gasteiger partial charge in [-0.2, -0.15) is 13.2 Å². The highest BCUT2D eigenvalue weighted by Gasteiger charge is 2.31. The second-order valence-electron chi connectivity index (χ2n) is 4.85. The molecule has 0 bridgehead atoms. The Labute approximate surface area is 149 Å². The zero-order valence-electron chi connectivity index (χ0n) is 12.5. The number of nitrogens with zero attached hydrogens (tertiary/aromatic N) is 1. The molecule has 0 saturated heterocycles. The van der Waals surface area contributed by atoms with Gasteiger partial charge in [-0.25, -0.2) is 4.79 Å². The fourth-order valence-electron chi connectivity index (χ4n) is 2.00. The van der Waals surface area contributed by atoms with Gasteiger partial charge in [0.2, 0.25) is 0 Å². The molecule has 3 nitrogen and oxygen atoms in total. The van der Waals surface area contributed by atoms with Crippen LogP contribution in [-0.2, 0) is 11.0 Å². The van der Waals surface area contributed by atoms with Crippen LogP contribution in [0, 0.1) is 0 Å². The molecule has 0 aliphatic rings. The van der Waals surface area contributed by atoms with Crippen LogP contribution in [0.3, 0.4) is 0 Å². The number of benzene rings is 1. The van der Waals surface area contributed by atoms with E-state index in [1.54, 1.807) is 0 Å². The number of thiophene rings is 2. The Morgan fingerprint density at radius 3 is 2.12 bits per heavy atom. The molecule has 0 spiro atoms. The number of halogens is 3. The number of alkyl halides is 3. The molecule has 128 valence electrons. The monoisotopic (exact) mass is 381 g/mol. The van der Waals surface area contributed by atoms with E-state index in [0.29, 0.717) is 5.71 Å². The third kappa shape index (κ3) is 4.15. The quantitative estimate of drug-likeness (QED) is 0.343. The van der Waals surface area contributed by atoms with E-state index >= 15 is 0 Å². The van der Waals surface area contributed by atoms with Gasteiger partial charge >= 0.3 is 12.1 Å². The highest BCUT2D eigenvalue weighted by molar-refractivity contribution is 7.15. The molecular weight excluding hydrogens is 371 g/mol. The van der Waals surface area contributed by atoms with Gasteiger partial charge in [0.15, 0.2) is 0 Å². The number of hydrogen-bond donors (Lipinski definition) is 0. The summed E-state index contributed by atoms with van der Waals surface area (Å²) in [4.78, 5) is 18.6. The number of carbonyl (C=O) groups is 1. The van der Waals surface area contributed by atoms with Crippen molar-refractivity contribution in [2.24, 2.45) is 5.16 Å². The lowest BCUT2D eigenvalue weighted by atomic mass is 10.1. The Morgan fingerprint density at radius 1 is 0.960 bits per heavy atom. The van der Waals surface area contributed by atoms with Gasteiger partial charge in [-0.3, -0.25) is 0 Å². The van der Waals surface area contributed by atoms with Crippen LogP contribution in [0.1, 0.15) is 25.7 Å². The Hall–Kier alpha value is -2.45. The minimum absolute atomic E-state index is 0.213. The van der Waals surface area contributed by atoms with Gasteiger partial charge in [-0.15, -0.1) is 22.7 Å². The van der Waals surface area contributed by atoms with Crippen LogP contribution in [0.5, 0.6) is 0 Å². The normalized spacial score (nSPS) is 11.2. The first-order valence-electron chi connectivity index (χ1n) is 6.99. The molecule has 0 aliphatic carbocycles. The van der Waals surface area contributed by atoms with Crippen molar-refractivity contribution in [1.82, 2.24) is 0 Å². The average Bonchev–Trinajstić information content (AvgIpc) is 3.28. The largest absolute Gasteiger partial charge is 0.416 e. The van der Waals surface area contributed by atoms with Crippen LogP contribution in [0.25, 0.3) is 0 Å². The Kier molecular flexibility index (Phi) is 5.00. The first-order valence-corrected chi connectivity index (χ1v) is 8.75. The second kappa shape index (κ2) is 7.20. The summed E-state index contributed by atoms with van der Waals surface area (Å²) in [7, 11) is 0. The third-order valence-corrected chi connectivity index (χ3v) is 4.91. The summed E-state index contributed by atoms with van der Waals surface area (Å²) in [6.07, 6.45) is -4.53. The highest BCUT2D eigenvalue weighted by Crippen LogP contribution is 2.29. The lowest BCUT2D eigenvalue weighted by molar-refractivity contribution is -0.137. The van der Waals surface area contributed by atoms with Crippen molar-refractivity contribution in [2.75, 3.05) is 0 Å². The maximum atomic E-state index is 12.7. The molecule has 2 heterocycles. The van der Waals surface area contributed by atoms with Gasteiger partial charge in [0, 0.05) is 0 Å². The summed E-state index contributed by atoms with van der Waals surface area (Å²) < 4.78 is 38.2. The van der Waals surface area contributed by atoms with E-state index in [9.17, 15) is 18.0 Å². The molecule has 25 heavy (non-hydrogen) atoms. The summed E-state index contributed by atoms with van der Waals surface area (Å²) >= 11 is 2.84. The Bertz CT molecular complexity index is 849. The molecule has 2 aromatic heterocycles. The number of rotatable bonds is 4. The van der Waals surface area contributed by atoms with E-state index in [2.05, 4.69) is 5.16 Å². The minimum atomic E-state index is -4.53. The van der Waals surface area contributed by atoms with E-state index in [0.717, 1.165) is 28.0 Å². The molecule has 3 aromatic rings. The molecule has 8 heteroatoms. The summed E-state index contributed by atoms with van der Waals surface area (Å²) in [6, 6.07) is 11.3. The van der Waals surface area contributed by atoms with Gasteiger partial charge in [0.05, 0.1) is 20.9 Å². The number of hydrogen-bond acceptors (Lipinski definition) is 5. The number of carbonyl (C=O) groups excluding carboxylic acids is 1. The van der Waals surface area contributed by atoms with Gasteiger partial charge in [-0.1, -0.05) is 23.4 Å². The molecule has 3 rings (SSSR count). The summed E-state index contributed by atoms with van der Waals surface area (Å²) in [5.41, 5.74) is -0.664. The molecule has 0 atom stereocenters. The second-order valence-corrected chi connectivity index (χ2v) is 6.75. The SMILES string of the molecule is O=C(ON=C(c1cccs1)c1cccs1)c1cccc(C(F)(F)F)c1. The van der Waals surface area contributed by atoms with Crippen molar-refractivity contribution in [3.63, 3.8) is 0 Å². The standard InChI is InChI=1S/C17H10F3NO2S2/c18-17(19,20)12-5-1-4-11(10-12)16(22)23-21-15(13-6-2-8-24-13)14-7-3-9-25-14/h1-10H. The topological polar surface area (TPSA) is 38.7 Å². The summed E-state index contributed by atoms with van der Waals surface area (Å²) in [5, 5.41) is 7.59. The molecule has 0 amide bonds. The predicted octanol–water partition coefficient (Wildman–Crippen LogP) is 5.44. The smallest absolute Gasteiger partial charge is 0.312 e. The molecular formula is C17H10F3NO2S2. The Morgan fingerprint density at radius 2 is 1.60 bits per heavy atom. The molecule has 0 radical (unpaired) electrons. The average molecular weight is 381 g/mol. The maximum Gasteiger partial charge on any atom is 0.416 e. The molecule has 0 N–H and O–H groups in total. The summed E-state index contributed by atoms with van der Waals surface area (Å²) in [6.45, 7) is 0. The zero-order valence-corrected chi connectivity index (χ0v) is 14.1. The lowest BCUT2D eigenvalue weighted by Crippen LogP contribution is -2.09. The van der Waals surface area contributed by atoms with Crippen LogP contribution in [-0.4, -0.2) is 11.7 Å². The van der Waals surface area contributed by atoms with Gasteiger partial charge in [-0.05, 0) is 41.1 Å². The van der Waals surface area contributed by atoms with E-state index in [1.165, 1.54) is 28.7 Å². The molecule has 0 unspecified atom stereocenters. The van der Waals surface area contributed by atoms with Crippen LogP contribution >= 0.6 is 22.7 Å². The van der Waals surface area contributed by atoms with E-state index < -0.39 is 17.7 Å². The fraction of sp³-hybridized carbons (Fsp3) is 0.0588. The van der Waals surface area contributed by atoms with Crippen molar-refractivity contribution in [3.05, 3.63) is 80.2 Å². The van der Waals surface area contributed by atoms with Crippen molar-refractivity contribution < 1.29 is 22.8 Å². The van der Waals surface area contributed by atoms with Crippen LogP contribution in [0.2, 0.25) is 0 Å². The molecule has 0 aliphatic heterocycles. The predicted molar refractivity (Wildman–Crippen MR) is 91.1 cm³/mol. The Balaban J connectivity index is 1.86. The van der Waals surface area contributed by atoms with Crippen molar-refractivity contribution in [3.8, 4) is 0 Å². The first-order chi connectivity index (χ1) is 11.9. The highest BCUT2D eigenvalue weighted by atomic mass is 32.1. The maximum absolute atomic E-state index is 12.7.